The maximum absolute atomic E-state index is 12.0. The molecule has 0 heterocycles. The molecule has 1 aromatic carbocycles. The molecule has 0 aliphatic rings. The van der Waals surface area contributed by atoms with Gasteiger partial charge in [-0.15, -0.1) is 0 Å². The van der Waals surface area contributed by atoms with Crippen LogP contribution in [0.15, 0.2) is 36.1 Å². The van der Waals surface area contributed by atoms with E-state index in [2.05, 4.69) is 4.74 Å². The summed E-state index contributed by atoms with van der Waals surface area (Å²) in [5.41, 5.74) is 5.51. The Morgan fingerprint density at radius 2 is 2.20 bits per heavy atom. The number of benzene rings is 1. The number of ether oxygens (including phenoxy) is 1. The molecule has 5 nitrogen and oxygen atoms in total. The van der Waals surface area contributed by atoms with Gasteiger partial charge in [0.1, 0.15) is 5.75 Å². The summed E-state index contributed by atoms with van der Waals surface area (Å²) in [7, 11) is 0. The number of nitrogens with two attached hydrogens (primary N) is 1. The number of alkyl halides is 2. The van der Waals surface area contributed by atoms with Crippen LogP contribution in [0.5, 0.6) is 5.75 Å². The van der Waals surface area contributed by atoms with Gasteiger partial charge in [0.15, 0.2) is 5.76 Å². The zero-order valence-electron chi connectivity index (χ0n) is 10.5. The van der Waals surface area contributed by atoms with Crippen LogP contribution in [0.2, 0.25) is 0 Å². The highest BCUT2D eigenvalue weighted by molar-refractivity contribution is 6.00. The molecule has 0 aliphatic carbocycles. The molecule has 1 amide bonds. The van der Waals surface area contributed by atoms with Crippen molar-refractivity contribution in [3.63, 3.8) is 0 Å². The number of carbonyl (C=O) groups is 1. The largest absolute Gasteiger partial charge is 0.503 e. The highest BCUT2D eigenvalue weighted by atomic mass is 19.3. The lowest BCUT2D eigenvalue weighted by Crippen LogP contribution is -2.14. The van der Waals surface area contributed by atoms with E-state index < -0.39 is 18.3 Å². The summed E-state index contributed by atoms with van der Waals surface area (Å²) in [5.74, 6) is -1.66. The maximum atomic E-state index is 12.0. The number of hydrogen-bond donors (Lipinski definition) is 3. The molecule has 20 heavy (non-hydrogen) atoms. The second kappa shape index (κ2) is 7.22. The fourth-order valence-electron chi connectivity index (χ4n) is 1.46. The highest BCUT2D eigenvalue weighted by Gasteiger charge is 2.06. The van der Waals surface area contributed by atoms with Crippen molar-refractivity contribution < 1.29 is 23.4 Å². The van der Waals surface area contributed by atoms with Crippen LogP contribution < -0.4 is 10.5 Å². The Hall–Kier alpha value is -2.44. The number of aryl methyl sites for hydroxylation is 1. The topological polar surface area (TPSA) is 96.4 Å². The number of primary amides is 1. The minimum atomic E-state index is -2.89. The number of nitrogens with one attached hydrogen (secondary N) is 1. The molecule has 0 spiro atoms. The van der Waals surface area contributed by atoms with Gasteiger partial charge in [0.05, 0.1) is 0 Å². The molecule has 0 saturated carbocycles. The van der Waals surface area contributed by atoms with Gasteiger partial charge >= 0.3 is 6.61 Å². The summed E-state index contributed by atoms with van der Waals surface area (Å²) in [6, 6.07) is 6.10. The van der Waals surface area contributed by atoms with E-state index in [1.807, 2.05) is 0 Å². The van der Waals surface area contributed by atoms with Crippen molar-refractivity contribution in [2.75, 3.05) is 0 Å². The van der Waals surface area contributed by atoms with Crippen molar-refractivity contribution in [1.29, 1.82) is 5.41 Å². The zero-order chi connectivity index (χ0) is 15.1. The van der Waals surface area contributed by atoms with Gasteiger partial charge < -0.3 is 21.0 Å². The van der Waals surface area contributed by atoms with Crippen molar-refractivity contribution in [2.24, 2.45) is 5.73 Å². The average molecular weight is 284 g/mol. The van der Waals surface area contributed by atoms with Crippen molar-refractivity contribution in [1.82, 2.24) is 0 Å². The van der Waals surface area contributed by atoms with Crippen LogP contribution >= 0.6 is 0 Å². The molecule has 0 aliphatic heterocycles. The number of halogens is 2. The minimum absolute atomic E-state index is 0.00137. The molecule has 0 unspecified atom stereocenters. The molecule has 0 aromatic heterocycles. The molecule has 0 bridgehead atoms. The minimum Gasteiger partial charge on any atom is -0.503 e. The van der Waals surface area contributed by atoms with Gasteiger partial charge in [0.25, 0.3) is 5.91 Å². The zero-order valence-corrected chi connectivity index (χ0v) is 10.5. The lowest BCUT2D eigenvalue weighted by atomic mass is 10.1. The van der Waals surface area contributed by atoms with Crippen LogP contribution in [-0.2, 0) is 11.2 Å². The third kappa shape index (κ3) is 5.47. The Morgan fingerprint density at radius 3 is 2.80 bits per heavy atom. The molecule has 7 heteroatoms. The van der Waals surface area contributed by atoms with E-state index in [1.54, 1.807) is 12.1 Å². The first-order valence-electron chi connectivity index (χ1n) is 5.70. The molecule has 0 fully saturated rings. The van der Waals surface area contributed by atoms with E-state index in [9.17, 15) is 13.6 Å². The second-order valence-electron chi connectivity index (χ2n) is 3.94. The molecular weight excluding hydrogens is 270 g/mol. The first-order chi connectivity index (χ1) is 9.38. The first kappa shape index (κ1) is 15.6. The fraction of sp³-hybridized carbons (Fsp3) is 0.231. The standard InChI is InChI=1S/C13H14F2N2O3/c14-13(15)20-10-3-1-2-8(6-10)4-5-9(16)7-11(18)12(17)19/h1-3,6-7,13,16,18H,4-5H2,(H2,17,19)/b11-7+,16-9?. The number of hydrogen-bond acceptors (Lipinski definition) is 4. The van der Waals surface area contributed by atoms with Crippen LogP contribution in [0.25, 0.3) is 0 Å². The normalized spacial score (nSPS) is 11.4. The number of rotatable bonds is 7. The molecule has 0 atom stereocenters. The number of carbonyl (C=O) groups excluding carboxylic acids is 1. The smallest absolute Gasteiger partial charge is 0.387 e. The Bertz CT molecular complexity index is 530. The number of aliphatic hydroxyl groups excluding tert-OH is 1. The van der Waals surface area contributed by atoms with Gasteiger partial charge in [0, 0.05) is 11.8 Å². The van der Waals surface area contributed by atoms with E-state index >= 15 is 0 Å². The molecule has 1 aromatic rings. The Labute approximate surface area is 114 Å². The highest BCUT2D eigenvalue weighted by Crippen LogP contribution is 2.17. The quantitative estimate of drug-likeness (QED) is 0.406. The summed E-state index contributed by atoms with van der Waals surface area (Å²) in [6.07, 6.45) is 1.55. The van der Waals surface area contributed by atoms with Crippen LogP contribution in [0.4, 0.5) is 8.78 Å². The predicted octanol–water partition coefficient (Wildman–Crippen LogP) is 2.17. The predicted molar refractivity (Wildman–Crippen MR) is 69.0 cm³/mol. The Kier molecular flexibility index (Phi) is 5.64. The molecule has 4 N–H and O–H groups in total. The van der Waals surface area contributed by atoms with Gasteiger partial charge in [-0.1, -0.05) is 12.1 Å². The van der Waals surface area contributed by atoms with Gasteiger partial charge in [-0.25, -0.2) is 0 Å². The van der Waals surface area contributed by atoms with Gasteiger partial charge in [-0.3, -0.25) is 4.79 Å². The summed E-state index contributed by atoms with van der Waals surface area (Å²) >= 11 is 0. The monoisotopic (exact) mass is 284 g/mol. The van der Waals surface area contributed by atoms with E-state index in [4.69, 9.17) is 16.2 Å². The Morgan fingerprint density at radius 1 is 1.50 bits per heavy atom. The average Bonchev–Trinajstić information content (AvgIpc) is 2.36. The number of amides is 1. The van der Waals surface area contributed by atoms with Crippen molar-refractivity contribution in [3.05, 3.63) is 41.7 Å². The van der Waals surface area contributed by atoms with Gasteiger partial charge in [0.2, 0.25) is 0 Å². The van der Waals surface area contributed by atoms with Gasteiger partial charge in [-0.05, 0) is 30.5 Å². The third-order valence-electron chi connectivity index (χ3n) is 2.37. The second-order valence-corrected chi connectivity index (χ2v) is 3.94. The van der Waals surface area contributed by atoms with Crippen molar-refractivity contribution >= 4 is 11.6 Å². The lowest BCUT2D eigenvalue weighted by Gasteiger charge is -2.06. The molecule has 108 valence electrons. The van der Waals surface area contributed by atoms with E-state index in [0.717, 1.165) is 6.08 Å². The SMILES string of the molecule is N=C(/C=C(/O)C(N)=O)CCc1cccc(OC(F)F)c1. The van der Waals surface area contributed by atoms with Crippen LogP contribution in [0.1, 0.15) is 12.0 Å². The molecule has 0 radical (unpaired) electrons. The summed E-state index contributed by atoms with van der Waals surface area (Å²) in [5, 5.41) is 16.6. The van der Waals surface area contributed by atoms with E-state index in [0.29, 0.717) is 12.0 Å². The third-order valence-corrected chi connectivity index (χ3v) is 2.37. The fourth-order valence-corrected chi connectivity index (χ4v) is 1.46. The number of aliphatic hydroxyl groups is 1. The van der Waals surface area contributed by atoms with Crippen molar-refractivity contribution in [2.45, 2.75) is 19.5 Å². The summed E-state index contributed by atoms with van der Waals surface area (Å²) in [6.45, 7) is -2.89. The molecular formula is C13H14F2N2O3. The van der Waals surface area contributed by atoms with Crippen LogP contribution in [-0.4, -0.2) is 23.3 Å². The van der Waals surface area contributed by atoms with Crippen LogP contribution in [0, 0.1) is 5.41 Å². The van der Waals surface area contributed by atoms with E-state index in [1.165, 1.54) is 12.1 Å². The van der Waals surface area contributed by atoms with Crippen LogP contribution in [0.3, 0.4) is 0 Å². The summed E-state index contributed by atoms with van der Waals surface area (Å²) in [4.78, 5) is 10.6. The first-order valence-corrected chi connectivity index (χ1v) is 5.70. The van der Waals surface area contributed by atoms with Gasteiger partial charge in [-0.2, -0.15) is 8.78 Å². The number of allylic oxidation sites excluding steroid dienone is 1. The van der Waals surface area contributed by atoms with Crippen molar-refractivity contribution in [3.8, 4) is 5.75 Å². The summed E-state index contributed by atoms with van der Waals surface area (Å²) < 4.78 is 28.4. The Balaban J connectivity index is 2.59. The molecule has 0 saturated heterocycles. The lowest BCUT2D eigenvalue weighted by molar-refractivity contribution is -0.116. The maximum Gasteiger partial charge on any atom is 0.387 e. The molecule has 1 rings (SSSR count). The van der Waals surface area contributed by atoms with E-state index in [-0.39, 0.29) is 17.9 Å².